The Morgan fingerprint density at radius 1 is 1.18 bits per heavy atom. The minimum Gasteiger partial charge on any atom is -0.462 e. The first-order chi connectivity index (χ1) is 7.97. The topological polar surface area (TPSA) is 134 Å². The highest BCUT2D eigenvalue weighted by molar-refractivity contribution is 5.83. The lowest BCUT2D eigenvalue weighted by Gasteiger charge is -2.37. The van der Waals surface area contributed by atoms with Gasteiger partial charge in [-0.05, 0) is 0 Å². The van der Waals surface area contributed by atoms with E-state index in [1.807, 2.05) is 0 Å². The van der Waals surface area contributed by atoms with Crippen LogP contribution in [0.25, 0.3) is 0 Å². The number of aliphatic hydroxyl groups excluding tert-OH is 4. The number of carbonyl (C=O) groups excluding carboxylic acids is 2. The molecule has 0 radical (unpaired) electrons. The highest BCUT2D eigenvalue weighted by atomic mass is 16.6. The van der Waals surface area contributed by atoms with Crippen LogP contribution in [0.2, 0.25) is 0 Å². The number of carbonyl (C=O) groups is 2. The van der Waals surface area contributed by atoms with Crippen molar-refractivity contribution in [3.05, 3.63) is 0 Å². The normalized spacial score (nSPS) is 37.5. The fourth-order valence-corrected chi connectivity index (χ4v) is 1.37. The molecule has 0 spiro atoms. The summed E-state index contributed by atoms with van der Waals surface area (Å²) in [5, 5.41) is 37.1. The van der Waals surface area contributed by atoms with Crippen LogP contribution in [-0.4, -0.2) is 70.0 Å². The van der Waals surface area contributed by atoms with Crippen molar-refractivity contribution >= 4 is 12.3 Å². The second kappa shape index (κ2) is 6.03. The summed E-state index contributed by atoms with van der Waals surface area (Å²) in [6.45, 7) is -0.436. The molecule has 1 heterocycles. The van der Waals surface area contributed by atoms with Crippen molar-refractivity contribution in [3.8, 4) is 0 Å². The quantitative estimate of drug-likeness (QED) is 0.234. The van der Waals surface area contributed by atoms with E-state index in [2.05, 4.69) is 4.74 Å². The Bertz CT molecular complexity index is 280. The molecule has 0 bridgehead atoms. The summed E-state index contributed by atoms with van der Waals surface area (Å²) >= 11 is 0. The summed E-state index contributed by atoms with van der Waals surface area (Å²) in [7, 11) is 0. The van der Waals surface area contributed by atoms with Gasteiger partial charge in [0.05, 0.1) is 0 Å². The van der Waals surface area contributed by atoms with Gasteiger partial charge >= 0.3 is 5.97 Å². The first kappa shape index (κ1) is 14.0. The molecule has 5 atom stereocenters. The number of aliphatic hydroxyl groups is 4. The average molecular weight is 250 g/mol. The van der Waals surface area contributed by atoms with Gasteiger partial charge in [-0.1, -0.05) is 0 Å². The molecule has 1 saturated heterocycles. The Morgan fingerprint density at radius 3 is 2.41 bits per heavy atom. The van der Waals surface area contributed by atoms with Crippen LogP contribution in [0.3, 0.4) is 0 Å². The summed E-state index contributed by atoms with van der Waals surface area (Å²) in [4.78, 5) is 20.8. The van der Waals surface area contributed by atoms with Crippen LogP contribution in [0, 0.1) is 0 Å². The molecular formula is C9H14O8. The first-order valence-electron chi connectivity index (χ1n) is 4.94. The minimum absolute atomic E-state index is 0.355. The van der Waals surface area contributed by atoms with Crippen molar-refractivity contribution in [2.45, 2.75) is 37.1 Å². The Balaban J connectivity index is 2.48. The van der Waals surface area contributed by atoms with Crippen LogP contribution in [0.5, 0.6) is 0 Å². The number of esters is 1. The van der Waals surface area contributed by atoms with Gasteiger partial charge in [0.2, 0.25) is 0 Å². The van der Waals surface area contributed by atoms with Gasteiger partial charge in [-0.15, -0.1) is 0 Å². The Labute approximate surface area is 96.4 Å². The number of hydrogen-bond donors (Lipinski definition) is 4. The molecule has 0 aliphatic carbocycles. The van der Waals surface area contributed by atoms with Crippen molar-refractivity contribution in [1.82, 2.24) is 0 Å². The van der Waals surface area contributed by atoms with Gasteiger partial charge in [0, 0.05) is 0 Å². The molecule has 1 rings (SSSR count). The molecule has 8 heteroatoms. The summed E-state index contributed by atoms with van der Waals surface area (Å²) in [5.74, 6) is -0.814. The molecule has 1 fully saturated rings. The number of ether oxygens (including phenoxy) is 2. The predicted octanol–water partition coefficient (Wildman–Crippen LogP) is -3.08. The van der Waals surface area contributed by atoms with Crippen molar-refractivity contribution in [3.63, 3.8) is 0 Å². The maximum absolute atomic E-state index is 10.9. The van der Waals surface area contributed by atoms with Crippen LogP contribution >= 0.6 is 0 Å². The van der Waals surface area contributed by atoms with E-state index in [0.29, 0.717) is 6.29 Å². The number of rotatable bonds is 4. The Hall–Kier alpha value is -1.06. The molecule has 0 aromatic carbocycles. The largest absolute Gasteiger partial charge is 0.462 e. The summed E-state index contributed by atoms with van der Waals surface area (Å²) in [5.41, 5.74) is 0. The van der Waals surface area contributed by atoms with Crippen LogP contribution in [0.4, 0.5) is 0 Å². The fraction of sp³-hybridized carbons (Fsp3) is 0.778. The summed E-state index contributed by atoms with van der Waals surface area (Å²) in [6, 6.07) is 0. The third-order valence-electron chi connectivity index (χ3n) is 2.35. The zero-order chi connectivity index (χ0) is 13.0. The Kier molecular flexibility index (Phi) is 4.97. The lowest BCUT2D eigenvalue weighted by Crippen LogP contribution is -2.58. The number of hydrogen-bond acceptors (Lipinski definition) is 8. The zero-order valence-electron chi connectivity index (χ0n) is 8.80. The molecule has 0 unspecified atom stereocenters. The predicted molar refractivity (Wildman–Crippen MR) is 50.5 cm³/mol. The van der Waals surface area contributed by atoms with Crippen molar-refractivity contribution in [2.24, 2.45) is 0 Å². The van der Waals surface area contributed by atoms with Crippen molar-refractivity contribution in [2.75, 3.05) is 6.61 Å². The molecule has 1 aliphatic rings. The van der Waals surface area contributed by atoms with Crippen LogP contribution in [0.1, 0.15) is 6.42 Å². The van der Waals surface area contributed by atoms with Crippen molar-refractivity contribution < 1.29 is 39.5 Å². The lowest BCUT2D eigenvalue weighted by atomic mass is 9.99. The van der Waals surface area contributed by atoms with Crippen LogP contribution in [-0.2, 0) is 19.1 Å². The fourth-order valence-electron chi connectivity index (χ4n) is 1.37. The van der Waals surface area contributed by atoms with Gasteiger partial charge in [0.15, 0.2) is 6.29 Å². The van der Waals surface area contributed by atoms with E-state index in [9.17, 15) is 19.8 Å². The maximum Gasteiger partial charge on any atom is 0.313 e. The summed E-state index contributed by atoms with van der Waals surface area (Å²) < 4.78 is 9.30. The average Bonchev–Trinajstić information content (AvgIpc) is 2.30. The molecule has 0 aromatic rings. The first-order valence-corrected chi connectivity index (χ1v) is 4.94. The highest BCUT2D eigenvalue weighted by Crippen LogP contribution is 2.20. The van der Waals surface area contributed by atoms with E-state index >= 15 is 0 Å². The monoisotopic (exact) mass is 250 g/mol. The molecule has 1 aliphatic heterocycles. The molecule has 4 N–H and O–H groups in total. The van der Waals surface area contributed by atoms with E-state index in [0.717, 1.165) is 0 Å². The molecule has 0 amide bonds. The third kappa shape index (κ3) is 3.45. The van der Waals surface area contributed by atoms with Gasteiger partial charge in [0.25, 0.3) is 0 Å². The van der Waals surface area contributed by atoms with E-state index in [-0.39, 0.29) is 0 Å². The zero-order valence-corrected chi connectivity index (χ0v) is 8.80. The molecule has 8 nitrogen and oxygen atoms in total. The van der Waals surface area contributed by atoms with E-state index in [4.69, 9.17) is 14.9 Å². The molecule has 0 aromatic heterocycles. The number of aldehydes is 1. The Morgan fingerprint density at radius 2 is 1.82 bits per heavy atom. The smallest absolute Gasteiger partial charge is 0.313 e. The third-order valence-corrected chi connectivity index (χ3v) is 2.35. The second-order valence-electron chi connectivity index (χ2n) is 3.59. The van der Waals surface area contributed by atoms with E-state index < -0.39 is 49.7 Å². The second-order valence-corrected chi connectivity index (χ2v) is 3.59. The van der Waals surface area contributed by atoms with Gasteiger partial charge in [-0.25, -0.2) is 0 Å². The van der Waals surface area contributed by atoms with E-state index in [1.165, 1.54) is 0 Å². The van der Waals surface area contributed by atoms with Crippen molar-refractivity contribution in [1.29, 1.82) is 0 Å². The maximum atomic E-state index is 10.9. The van der Waals surface area contributed by atoms with Gasteiger partial charge < -0.3 is 34.7 Å². The van der Waals surface area contributed by atoms with Gasteiger partial charge in [-0.3, -0.25) is 4.79 Å². The van der Waals surface area contributed by atoms with Crippen LogP contribution in [0.15, 0.2) is 0 Å². The van der Waals surface area contributed by atoms with Gasteiger partial charge in [-0.2, -0.15) is 0 Å². The molecule has 17 heavy (non-hydrogen) atoms. The molecule has 98 valence electrons. The molecular weight excluding hydrogens is 236 g/mol. The summed E-state index contributed by atoms with van der Waals surface area (Å²) in [6.07, 6.45) is -7.66. The molecule has 0 saturated carbocycles. The SMILES string of the molecule is O=CCC(=O)OC[C@H]1O[C@@H](O)[C@H](O)[C@@H](O)[C@@H]1O. The lowest BCUT2D eigenvalue weighted by molar-refractivity contribution is -0.287. The minimum atomic E-state index is -1.68. The van der Waals surface area contributed by atoms with Crippen LogP contribution < -0.4 is 0 Å². The van der Waals surface area contributed by atoms with E-state index in [1.54, 1.807) is 0 Å². The standard InChI is InChI=1S/C9H14O8/c10-2-1-5(11)16-3-4-6(12)7(13)8(14)9(15)17-4/h2,4,6-9,12-15H,1,3H2/t4-,6-,7+,8-,9-/m1/s1. The van der Waals surface area contributed by atoms with Gasteiger partial charge in [0.1, 0.15) is 43.7 Å². The highest BCUT2D eigenvalue weighted by Gasteiger charge is 2.43.